The summed E-state index contributed by atoms with van der Waals surface area (Å²) in [6.07, 6.45) is -0.845. The molecular formula is C26H22O10. The van der Waals surface area contributed by atoms with Crippen LogP contribution in [-0.2, 0) is 0 Å². The van der Waals surface area contributed by atoms with Crippen LogP contribution in [0.1, 0.15) is 34.0 Å². The highest BCUT2D eigenvalue weighted by atomic mass is 16.6. The molecule has 0 radical (unpaired) electrons. The maximum atomic E-state index is 12.8. The molecule has 2 heterocycles. The normalized spacial score (nSPS) is 16.3. The molecule has 0 amide bonds. The van der Waals surface area contributed by atoms with E-state index in [0.717, 1.165) is 6.07 Å². The number of fused-ring (bicyclic) bond motifs is 2. The Morgan fingerprint density at radius 2 is 1.69 bits per heavy atom. The van der Waals surface area contributed by atoms with E-state index in [9.17, 15) is 25.2 Å². The van der Waals surface area contributed by atoms with Crippen LogP contribution in [-0.4, -0.2) is 47.0 Å². The van der Waals surface area contributed by atoms with Gasteiger partial charge in [0.25, 0.3) is 0 Å². The van der Waals surface area contributed by atoms with Crippen LogP contribution in [0.2, 0.25) is 0 Å². The molecule has 5 rings (SSSR count). The lowest BCUT2D eigenvalue weighted by Gasteiger charge is -2.29. The van der Waals surface area contributed by atoms with Crippen LogP contribution in [0.15, 0.2) is 48.2 Å². The summed E-state index contributed by atoms with van der Waals surface area (Å²) in [4.78, 5) is 12.8. The van der Waals surface area contributed by atoms with Crippen molar-refractivity contribution in [2.45, 2.75) is 12.5 Å². The fraction of sp³-hybridized carbons (Fsp3) is 0.192. The van der Waals surface area contributed by atoms with Gasteiger partial charge in [0.15, 0.2) is 40.3 Å². The third kappa shape index (κ3) is 3.87. The Labute approximate surface area is 205 Å². The lowest BCUT2D eigenvalue weighted by atomic mass is 9.95. The van der Waals surface area contributed by atoms with Gasteiger partial charge in [0.2, 0.25) is 5.75 Å². The standard InChI is InChI=1S/C26H22O10/c1-32-19-5-12(3-4-15(19)29)25-23(11-27)36-26-21(33-2)6-13(7-22(26)35-25)18-10-17(31)24-16(30)8-14(28)9-20(24)34-18/h3-9,18,27-30H,10-11H2,1-2H3. The van der Waals surface area contributed by atoms with E-state index in [-0.39, 0.29) is 75.3 Å². The minimum absolute atomic E-state index is 0.00708. The molecule has 0 saturated heterocycles. The average Bonchev–Trinajstić information content (AvgIpc) is 2.86. The lowest BCUT2D eigenvalue weighted by molar-refractivity contribution is 0.0844. The van der Waals surface area contributed by atoms with Gasteiger partial charge in [0, 0.05) is 23.3 Å². The van der Waals surface area contributed by atoms with E-state index in [2.05, 4.69) is 0 Å². The second kappa shape index (κ2) is 8.90. The summed E-state index contributed by atoms with van der Waals surface area (Å²) in [5.74, 6) is 0.293. The summed E-state index contributed by atoms with van der Waals surface area (Å²) in [5, 5.41) is 39.8. The first kappa shape index (κ1) is 23.2. The second-order valence-corrected chi connectivity index (χ2v) is 8.12. The molecule has 0 saturated carbocycles. The molecule has 0 bridgehead atoms. The van der Waals surface area contributed by atoms with E-state index in [1.165, 1.54) is 32.4 Å². The first-order chi connectivity index (χ1) is 17.3. The molecule has 4 N–H and O–H groups in total. The van der Waals surface area contributed by atoms with Gasteiger partial charge >= 0.3 is 0 Å². The van der Waals surface area contributed by atoms with Crippen LogP contribution < -0.4 is 23.7 Å². The van der Waals surface area contributed by atoms with Crippen molar-refractivity contribution in [2.24, 2.45) is 0 Å². The number of phenols is 3. The van der Waals surface area contributed by atoms with Gasteiger partial charge in [0.1, 0.15) is 35.5 Å². The molecule has 1 unspecified atom stereocenters. The number of hydrogen-bond acceptors (Lipinski definition) is 10. The Morgan fingerprint density at radius 1 is 0.917 bits per heavy atom. The number of carbonyl (C=O) groups is 1. The minimum Gasteiger partial charge on any atom is -0.508 e. The second-order valence-electron chi connectivity index (χ2n) is 8.12. The number of phenolic OH excluding ortho intramolecular Hbond substituents is 3. The lowest BCUT2D eigenvalue weighted by Crippen LogP contribution is -2.21. The molecule has 0 spiro atoms. The fourth-order valence-electron chi connectivity index (χ4n) is 4.20. The highest BCUT2D eigenvalue weighted by Gasteiger charge is 2.34. The van der Waals surface area contributed by atoms with Crippen LogP contribution >= 0.6 is 0 Å². The van der Waals surface area contributed by atoms with E-state index in [1.54, 1.807) is 18.2 Å². The van der Waals surface area contributed by atoms with E-state index >= 15 is 0 Å². The van der Waals surface area contributed by atoms with Gasteiger partial charge in [-0.15, -0.1) is 0 Å². The third-order valence-corrected chi connectivity index (χ3v) is 5.90. The number of hydrogen-bond donors (Lipinski definition) is 4. The first-order valence-corrected chi connectivity index (χ1v) is 10.9. The molecule has 0 aromatic heterocycles. The van der Waals surface area contributed by atoms with Crippen molar-refractivity contribution in [3.05, 3.63) is 64.9 Å². The van der Waals surface area contributed by atoms with Gasteiger partial charge < -0.3 is 44.1 Å². The third-order valence-electron chi connectivity index (χ3n) is 5.90. The SMILES string of the molecule is COc1cc(C2=C(CO)Oc3c(OC)cc(C4CC(=O)c5c(O)cc(O)cc5O4)cc3O2)ccc1O. The molecular weight excluding hydrogens is 472 g/mol. The predicted molar refractivity (Wildman–Crippen MR) is 125 cm³/mol. The number of rotatable bonds is 5. The van der Waals surface area contributed by atoms with Crippen LogP contribution in [0.4, 0.5) is 0 Å². The molecule has 10 heteroatoms. The maximum Gasteiger partial charge on any atom is 0.211 e. The zero-order valence-corrected chi connectivity index (χ0v) is 19.3. The zero-order valence-electron chi connectivity index (χ0n) is 19.3. The Morgan fingerprint density at radius 3 is 2.42 bits per heavy atom. The van der Waals surface area contributed by atoms with Crippen molar-refractivity contribution in [3.8, 4) is 46.0 Å². The van der Waals surface area contributed by atoms with Gasteiger partial charge in [-0.05, 0) is 30.3 Å². The number of aliphatic hydroxyl groups excluding tert-OH is 1. The maximum absolute atomic E-state index is 12.8. The number of methoxy groups -OCH3 is 2. The number of aromatic hydroxyl groups is 3. The van der Waals surface area contributed by atoms with Crippen molar-refractivity contribution < 1.29 is 48.9 Å². The minimum atomic E-state index is -0.769. The molecule has 0 fully saturated rings. The van der Waals surface area contributed by atoms with Crippen LogP contribution in [0.25, 0.3) is 5.76 Å². The molecule has 1 atom stereocenters. The highest BCUT2D eigenvalue weighted by molar-refractivity contribution is 6.02. The molecule has 2 aliphatic rings. The molecule has 0 aliphatic carbocycles. The van der Waals surface area contributed by atoms with E-state index in [0.29, 0.717) is 11.1 Å². The summed E-state index contributed by atoms with van der Waals surface area (Å²) in [5.41, 5.74) is 1.01. The quantitative estimate of drug-likeness (QED) is 0.415. The van der Waals surface area contributed by atoms with Crippen molar-refractivity contribution in [1.29, 1.82) is 0 Å². The van der Waals surface area contributed by atoms with Gasteiger partial charge in [-0.25, -0.2) is 0 Å². The van der Waals surface area contributed by atoms with Crippen molar-refractivity contribution in [2.75, 3.05) is 20.8 Å². The predicted octanol–water partition coefficient (Wildman–Crippen LogP) is 3.66. The highest BCUT2D eigenvalue weighted by Crippen LogP contribution is 2.49. The number of ether oxygens (including phenoxy) is 5. The topological polar surface area (TPSA) is 144 Å². The van der Waals surface area contributed by atoms with Crippen LogP contribution in [0, 0.1) is 0 Å². The summed E-state index contributed by atoms with van der Waals surface area (Å²) in [7, 11) is 2.84. The fourth-order valence-corrected chi connectivity index (χ4v) is 4.20. The molecule has 186 valence electrons. The number of carbonyl (C=O) groups excluding carboxylic acids is 1. The Bertz CT molecular complexity index is 1410. The number of Topliss-reactive ketones (excluding diaryl/α,β-unsaturated/α-hetero) is 1. The van der Waals surface area contributed by atoms with E-state index in [4.69, 9.17) is 23.7 Å². The van der Waals surface area contributed by atoms with Gasteiger partial charge in [-0.3, -0.25) is 4.79 Å². The number of benzene rings is 3. The molecule has 2 aliphatic heterocycles. The van der Waals surface area contributed by atoms with Gasteiger partial charge in [-0.2, -0.15) is 0 Å². The first-order valence-electron chi connectivity index (χ1n) is 10.9. The molecule has 3 aromatic rings. The largest absolute Gasteiger partial charge is 0.508 e. The van der Waals surface area contributed by atoms with Crippen LogP contribution in [0.3, 0.4) is 0 Å². The van der Waals surface area contributed by atoms with Gasteiger partial charge in [0.05, 0.1) is 20.6 Å². The summed E-state index contributed by atoms with van der Waals surface area (Å²) in [6.45, 7) is -0.479. The summed E-state index contributed by atoms with van der Waals surface area (Å²) < 4.78 is 28.7. The Balaban J connectivity index is 1.55. The molecule has 36 heavy (non-hydrogen) atoms. The molecule has 10 nitrogen and oxygen atoms in total. The van der Waals surface area contributed by atoms with Crippen molar-refractivity contribution >= 4 is 11.5 Å². The average molecular weight is 494 g/mol. The number of aliphatic hydroxyl groups is 1. The summed E-state index contributed by atoms with van der Waals surface area (Å²) >= 11 is 0. The monoisotopic (exact) mass is 494 g/mol. The van der Waals surface area contributed by atoms with E-state index in [1.807, 2.05) is 0 Å². The summed E-state index contributed by atoms with van der Waals surface area (Å²) in [6, 6.07) is 10.1. The number of ketones is 1. The van der Waals surface area contributed by atoms with Gasteiger partial charge in [-0.1, -0.05) is 0 Å². The zero-order chi connectivity index (χ0) is 25.6. The molecule has 3 aromatic carbocycles. The van der Waals surface area contributed by atoms with Crippen LogP contribution in [0.5, 0.6) is 46.0 Å². The smallest absolute Gasteiger partial charge is 0.211 e. The Kier molecular flexibility index (Phi) is 5.73. The van der Waals surface area contributed by atoms with Crippen molar-refractivity contribution in [1.82, 2.24) is 0 Å². The van der Waals surface area contributed by atoms with E-state index < -0.39 is 12.7 Å². The van der Waals surface area contributed by atoms with Crippen molar-refractivity contribution in [3.63, 3.8) is 0 Å². The Hall–Kier alpha value is -4.57.